The highest BCUT2D eigenvalue weighted by molar-refractivity contribution is 7.80. The molecular weight excluding hydrogens is 312 g/mol. The Hall–Kier alpha value is -2.77. The molecule has 6 nitrogen and oxygen atoms in total. The lowest BCUT2D eigenvalue weighted by Crippen LogP contribution is -2.24. The number of amides is 1. The number of hydrogen-bond donors (Lipinski definition) is 4. The first-order chi connectivity index (χ1) is 11.1. The molecule has 0 radical (unpaired) electrons. The van der Waals surface area contributed by atoms with E-state index in [-0.39, 0.29) is 0 Å². The second-order valence-corrected chi connectivity index (χ2v) is 5.16. The van der Waals surface area contributed by atoms with Gasteiger partial charge >= 0.3 is 0 Å². The fourth-order valence-electron chi connectivity index (χ4n) is 1.75. The molecule has 23 heavy (non-hydrogen) atoms. The third kappa shape index (κ3) is 5.17. The lowest BCUT2D eigenvalue weighted by atomic mass is 10.2. The van der Waals surface area contributed by atoms with E-state index in [4.69, 9.17) is 17.4 Å². The van der Waals surface area contributed by atoms with Crippen LogP contribution in [0.15, 0.2) is 53.6 Å². The molecule has 0 unspecified atom stereocenters. The molecule has 0 aliphatic rings. The van der Waals surface area contributed by atoms with Crippen molar-refractivity contribution in [3.8, 4) is 0 Å². The molecule has 2 rings (SSSR count). The maximum atomic E-state index is 11.2. The van der Waals surface area contributed by atoms with Crippen LogP contribution < -0.4 is 16.2 Å². The van der Waals surface area contributed by atoms with Gasteiger partial charge in [0.2, 0.25) is 0 Å². The number of rotatable bonds is 4. The van der Waals surface area contributed by atoms with Gasteiger partial charge in [-0.25, -0.2) is 5.48 Å². The second kappa shape index (κ2) is 8.02. The summed E-state index contributed by atoms with van der Waals surface area (Å²) < 4.78 is 0. The zero-order chi connectivity index (χ0) is 16.7. The minimum atomic E-state index is -0.569. The molecule has 2 aromatic carbocycles. The fraction of sp³-hybridized carbons (Fsp3) is 0.0625. The van der Waals surface area contributed by atoms with Gasteiger partial charge in [-0.2, -0.15) is 5.10 Å². The first-order valence-electron chi connectivity index (χ1n) is 6.80. The van der Waals surface area contributed by atoms with E-state index in [1.165, 1.54) is 5.56 Å². The van der Waals surface area contributed by atoms with Crippen LogP contribution in [0, 0.1) is 6.92 Å². The summed E-state index contributed by atoms with van der Waals surface area (Å²) in [6.45, 7) is 2.02. The highest BCUT2D eigenvalue weighted by Crippen LogP contribution is 2.09. The lowest BCUT2D eigenvalue weighted by molar-refractivity contribution is 0.0706. The number of nitrogens with one attached hydrogen (secondary N) is 3. The maximum Gasteiger partial charge on any atom is 0.274 e. The number of anilines is 1. The molecule has 4 N–H and O–H groups in total. The van der Waals surface area contributed by atoms with Crippen molar-refractivity contribution in [2.45, 2.75) is 6.92 Å². The maximum absolute atomic E-state index is 11.2. The van der Waals surface area contributed by atoms with Crippen molar-refractivity contribution in [2.75, 3.05) is 5.32 Å². The molecule has 118 valence electrons. The van der Waals surface area contributed by atoms with Crippen molar-refractivity contribution >= 4 is 35.1 Å². The van der Waals surface area contributed by atoms with Gasteiger partial charge in [0.1, 0.15) is 0 Å². The summed E-state index contributed by atoms with van der Waals surface area (Å²) in [6, 6.07) is 14.4. The summed E-state index contributed by atoms with van der Waals surface area (Å²) in [6.07, 6.45) is 1.67. The number of carbonyl (C=O) groups is 1. The Balaban J connectivity index is 1.87. The molecule has 0 saturated carbocycles. The average molecular weight is 328 g/mol. The van der Waals surface area contributed by atoms with E-state index in [1.54, 1.807) is 36.0 Å². The van der Waals surface area contributed by atoms with Gasteiger partial charge in [0.05, 0.1) is 6.21 Å². The molecule has 0 spiro atoms. The Bertz CT molecular complexity index is 712. The zero-order valence-corrected chi connectivity index (χ0v) is 13.2. The minimum Gasteiger partial charge on any atom is -0.331 e. The van der Waals surface area contributed by atoms with E-state index in [0.717, 1.165) is 5.56 Å². The fourth-order valence-corrected chi connectivity index (χ4v) is 1.92. The van der Waals surface area contributed by atoms with E-state index in [2.05, 4.69) is 15.8 Å². The summed E-state index contributed by atoms with van der Waals surface area (Å²) in [4.78, 5) is 11.2. The van der Waals surface area contributed by atoms with Crippen molar-refractivity contribution in [2.24, 2.45) is 5.10 Å². The number of thiocarbonyl (C=S) groups is 1. The Morgan fingerprint density at radius 2 is 1.78 bits per heavy atom. The van der Waals surface area contributed by atoms with Crippen molar-refractivity contribution in [1.29, 1.82) is 0 Å². The molecule has 2 aromatic rings. The normalized spacial score (nSPS) is 10.3. The molecule has 7 heteroatoms. The van der Waals surface area contributed by atoms with E-state index in [1.807, 2.05) is 31.2 Å². The summed E-state index contributed by atoms with van der Waals surface area (Å²) in [5.41, 5.74) is 7.47. The van der Waals surface area contributed by atoms with E-state index in [0.29, 0.717) is 16.4 Å². The van der Waals surface area contributed by atoms with Crippen molar-refractivity contribution in [3.63, 3.8) is 0 Å². The van der Waals surface area contributed by atoms with Gasteiger partial charge in [0.15, 0.2) is 5.11 Å². The summed E-state index contributed by atoms with van der Waals surface area (Å²) >= 11 is 5.12. The minimum absolute atomic E-state index is 0.327. The molecule has 0 heterocycles. The van der Waals surface area contributed by atoms with Gasteiger partial charge in [-0.05, 0) is 49.0 Å². The Labute approximate surface area is 139 Å². The molecule has 0 bridgehead atoms. The van der Waals surface area contributed by atoms with Gasteiger partial charge in [0.25, 0.3) is 5.91 Å². The molecule has 0 saturated heterocycles. The van der Waals surface area contributed by atoms with Crippen LogP contribution in [0.2, 0.25) is 0 Å². The van der Waals surface area contributed by atoms with Crippen LogP contribution in [-0.2, 0) is 0 Å². The van der Waals surface area contributed by atoms with Gasteiger partial charge in [-0.1, -0.05) is 29.8 Å². The van der Waals surface area contributed by atoms with Crippen LogP contribution in [0.1, 0.15) is 21.5 Å². The van der Waals surface area contributed by atoms with Crippen molar-refractivity contribution in [1.82, 2.24) is 10.9 Å². The molecule has 0 aliphatic heterocycles. The summed E-state index contributed by atoms with van der Waals surface area (Å²) in [7, 11) is 0. The number of hydrazone groups is 1. The highest BCUT2D eigenvalue weighted by Gasteiger charge is 2.03. The molecule has 0 aromatic heterocycles. The Morgan fingerprint density at radius 1 is 1.13 bits per heavy atom. The number of nitrogens with zero attached hydrogens (tertiary/aromatic N) is 1. The molecular formula is C16H16N4O2S. The third-order valence-electron chi connectivity index (χ3n) is 2.96. The van der Waals surface area contributed by atoms with Gasteiger partial charge in [0, 0.05) is 11.3 Å². The molecule has 0 atom stereocenters. The first-order valence-corrected chi connectivity index (χ1v) is 7.20. The smallest absolute Gasteiger partial charge is 0.274 e. The first kappa shape index (κ1) is 16.6. The van der Waals surface area contributed by atoms with Crippen molar-refractivity contribution in [3.05, 3.63) is 65.2 Å². The number of hydrogen-bond acceptors (Lipinski definition) is 4. The topological polar surface area (TPSA) is 85.8 Å². The average Bonchev–Trinajstić information content (AvgIpc) is 2.56. The lowest BCUT2D eigenvalue weighted by Gasteiger charge is -2.07. The van der Waals surface area contributed by atoms with Crippen LogP contribution in [0.5, 0.6) is 0 Å². The number of hydroxylamine groups is 1. The van der Waals surface area contributed by atoms with Gasteiger partial charge in [-0.15, -0.1) is 0 Å². The Morgan fingerprint density at radius 3 is 2.39 bits per heavy atom. The van der Waals surface area contributed by atoms with Crippen LogP contribution in [-0.4, -0.2) is 22.4 Å². The third-order valence-corrected chi connectivity index (χ3v) is 3.16. The van der Waals surface area contributed by atoms with Gasteiger partial charge in [-0.3, -0.25) is 15.4 Å². The summed E-state index contributed by atoms with van der Waals surface area (Å²) in [5, 5.41) is 15.9. The Kier molecular flexibility index (Phi) is 5.79. The van der Waals surface area contributed by atoms with Crippen LogP contribution in [0.25, 0.3) is 0 Å². The van der Waals surface area contributed by atoms with E-state index in [9.17, 15) is 4.79 Å². The second-order valence-electron chi connectivity index (χ2n) is 4.75. The monoisotopic (exact) mass is 328 g/mol. The SMILES string of the molecule is Cc1ccc(/C=N/NC(=S)Nc2ccc(C(=O)NO)cc2)cc1. The quantitative estimate of drug-likeness (QED) is 0.300. The molecule has 1 amide bonds. The number of carbonyl (C=O) groups excluding carboxylic acids is 1. The zero-order valence-electron chi connectivity index (χ0n) is 12.4. The standard InChI is InChI=1S/C16H16N4O2S/c1-11-2-4-12(5-3-11)10-17-19-16(23)18-14-8-6-13(7-9-14)15(21)20-22/h2-10,22H,1H3,(H,20,21)(H2,18,19,23)/b17-10+. The van der Waals surface area contributed by atoms with Crippen LogP contribution in [0.3, 0.4) is 0 Å². The van der Waals surface area contributed by atoms with Crippen LogP contribution >= 0.6 is 12.2 Å². The largest absolute Gasteiger partial charge is 0.331 e. The molecule has 0 aliphatic carbocycles. The highest BCUT2D eigenvalue weighted by atomic mass is 32.1. The number of benzene rings is 2. The van der Waals surface area contributed by atoms with Crippen molar-refractivity contribution < 1.29 is 10.0 Å². The van der Waals surface area contributed by atoms with Crippen LogP contribution in [0.4, 0.5) is 5.69 Å². The predicted molar refractivity (Wildman–Crippen MR) is 93.8 cm³/mol. The van der Waals surface area contributed by atoms with E-state index < -0.39 is 5.91 Å². The predicted octanol–water partition coefficient (Wildman–Crippen LogP) is 2.43. The number of aryl methyl sites for hydroxylation is 1. The van der Waals surface area contributed by atoms with Gasteiger partial charge < -0.3 is 5.32 Å². The molecule has 0 fully saturated rings. The summed E-state index contributed by atoms with van der Waals surface area (Å²) in [5.74, 6) is -0.569. The van der Waals surface area contributed by atoms with E-state index >= 15 is 0 Å².